The molecule has 1 aromatic rings. The van der Waals surface area contributed by atoms with Crippen molar-refractivity contribution in [2.45, 2.75) is 0 Å². The average molecular weight is 290 g/mol. The van der Waals surface area contributed by atoms with E-state index in [2.05, 4.69) is 15.9 Å². The van der Waals surface area contributed by atoms with Gasteiger partial charge in [-0.15, -0.1) is 0 Å². The van der Waals surface area contributed by atoms with Gasteiger partial charge in [-0.05, 0) is 17.7 Å². The zero-order valence-corrected chi connectivity index (χ0v) is 10.3. The molecule has 2 rings (SSSR count). The van der Waals surface area contributed by atoms with Crippen LogP contribution in [0, 0.1) is 0 Å². The van der Waals surface area contributed by atoms with Crippen molar-refractivity contribution in [3.8, 4) is 11.5 Å². The monoisotopic (exact) mass is 288 g/mol. The lowest BCUT2D eigenvalue weighted by Gasteiger charge is -2.19. The largest absolute Gasteiger partial charge is 0.486 e. The summed E-state index contributed by atoms with van der Waals surface area (Å²) in [4.78, 5) is 0. The van der Waals surface area contributed by atoms with E-state index < -0.39 is 0 Å². The summed E-state index contributed by atoms with van der Waals surface area (Å²) in [6.07, 6.45) is 3.99. The maximum absolute atomic E-state index is 6.08. The van der Waals surface area contributed by atoms with Gasteiger partial charge in [0.1, 0.15) is 13.2 Å². The Balaban J connectivity index is 2.36. The summed E-state index contributed by atoms with van der Waals surface area (Å²) in [6, 6.07) is 3.80. The molecule has 15 heavy (non-hydrogen) atoms. The molecule has 80 valence electrons. The smallest absolute Gasteiger partial charge is 0.179 e. The minimum Gasteiger partial charge on any atom is -0.486 e. The molecule has 0 spiro atoms. The third-order valence-electron chi connectivity index (χ3n) is 2.02. The highest BCUT2D eigenvalue weighted by Gasteiger charge is 2.15. The van der Waals surface area contributed by atoms with Crippen LogP contribution in [0.5, 0.6) is 11.5 Å². The molecule has 0 saturated heterocycles. The van der Waals surface area contributed by atoms with Crippen LogP contribution in [0.3, 0.4) is 0 Å². The number of fused-ring (bicyclic) bond motifs is 1. The van der Waals surface area contributed by atoms with Crippen LogP contribution in [0.25, 0.3) is 6.08 Å². The minimum atomic E-state index is 0.559. The highest BCUT2D eigenvalue weighted by atomic mass is 79.9. The molecule has 0 unspecified atom stereocenters. The van der Waals surface area contributed by atoms with Crippen LogP contribution < -0.4 is 9.47 Å². The number of benzene rings is 1. The van der Waals surface area contributed by atoms with Gasteiger partial charge in [-0.1, -0.05) is 39.7 Å². The van der Waals surface area contributed by atoms with Crippen molar-refractivity contribution in [2.24, 2.45) is 0 Å². The highest BCUT2D eigenvalue weighted by molar-refractivity contribution is 9.09. The number of rotatable bonds is 2. The first-order chi connectivity index (χ1) is 7.31. The Labute approximate surface area is 102 Å². The second kappa shape index (κ2) is 4.90. The third kappa shape index (κ3) is 2.47. The Kier molecular flexibility index (Phi) is 3.54. The van der Waals surface area contributed by atoms with Gasteiger partial charge in [-0.3, -0.25) is 0 Å². The number of allylic oxidation sites excluding steroid dienone is 1. The second-order valence-corrected chi connectivity index (χ2v) is 4.14. The predicted octanol–water partition coefficient (Wildman–Crippen LogP) is 3.52. The summed E-state index contributed by atoms with van der Waals surface area (Å²) in [5, 5.41) is 1.42. The van der Waals surface area contributed by atoms with E-state index in [4.69, 9.17) is 21.1 Å². The molecule has 0 atom stereocenters. The fraction of sp³-hybridized carbons (Fsp3) is 0.273. The molecule has 0 aromatic heterocycles. The molecular formula is C11H10BrClO2. The molecule has 4 heteroatoms. The van der Waals surface area contributed by atoms with Crippen LogP contribution in [0.1, 0.15) is 5.56 Å². The number of ether oxygens (including phenoxy) is 2. The number of alkyl halides is 1. The molecule has 0 bridgehead atoms. The molecule has 0 N–H and O–H groups in total. The second-order valence-electron chi connectivity index (χ2n) is 3.08. The van der Waals surface area contributed by atoms with E-state index in [0.717, 1.165) is 16.6 Å². The van der Waals surface area contributed by atoms with Gasteiger partial charge in [-0.2, -0.15) is 0 Å². The van der Waals surface area contributed by atoms with Crippen LogP contribution in [0.2, 0.25) is 5.02 Å². The van der Waals surface area contributed by atoms with Gasteiger partial charge in [0.25, 0.3) is 0 Å². The maximum Gasteiger partial charge on any atom is 0.179 e. The maximum atomic E-state index is 6.08. The summed E-state index contributed by atoms with van der Waals surface area (Å²) in [6.45, 7) is 1.14. The molecule has 1 aliphatic rings. The first-order valence-electron chi connectivity index (χ1n) is 4.63. The van der Waals surface area contributed by atoms with E-state index >= 15 is 0 Å². The highest BCUT2D eigenvalue weighted by Crippen LogP contribution is 2.38. The van der Waals surface area contributed by atoms with E-state index in [-0.39, 0.29) is 0 Å². The van der Waals surface area contributed by atoms with Crippen LogP contribution in [-0.2, 0) is 0 Å². The summed E-state index contributed by atoms with van der Waals surface area (Å²) in [7, 11) is 0. The molecule has 0 amide bonds. The number of halogens is 2. The summed E-state index contributed by atoms with van der Waals surface area (Å²) >= 11 is 9.40. The van der Waals surface area contributed by atoms with Crippen molar-refractivity contribution in [3.05, 3.63) is 28.8 Å². The Morgan fingerprint density at radius 3 is 2.93 bits per heavy atom. The normalized spacial score (nSPS) is 14.5. The molecule has 1 aromatic carbocycles. The van der Waals surface area contributed by atoms with Gasteiger partial charge in [0.2, 0.25) is 0 Å². The molecule has 0 fully saturated rings. The van der Waals surface area contributed by atoms with Crippen molar-refractivity contribution in [2.75, 3.05) is 18.5 Å². The van der Waals surface area contributed by atoms with E-state index in [1.807, 2.05) is 24.3 Å². The van der Waals surface area contributed by atoms with Crippen LogP contribution in [-0.4, -0.2) is 18.5 Å². The van der Waals surface area contributed by atoms with Crippen molar-refractivity contribution < 1.29 is 9.47 Å². The zero-order valence-electron chi connectivity index (χ0n) is 8.00. The molecular weight excluding hydrogens is 279 g/mol. The van der Waals surface area contributed by atoms with Crippen LogP contribution in [0.15, 0.2) is 18.2 Å². The van der Waals surface area contributed by atoms with E-state index in [1.54, 1.807) is 0 Å². The Hall–Kier alpha value is -0.670. The molecule has 0 aliphatic carbocycles. The fourth-order valence-corrected chi connectivity index (χ4v) is 1.87. The van der Waals surface area contributed by atoms with E-state index in [0.29, 0.717) is 24.0 Å². The van der Waals surface area contributed by atoms with Crippen molar-refractivity contribution in [1.82, 2.24) is 0 Å². The van der Waals surface area contributed by atoms with Gasteiger partial charge < -0.3 is 9.47 Å². The predicted molar refractivity (Wildman–Crippen MR) is 65.3 cm³/mol. The molecule has 1 heterocycles. The fourth-order valence-electron chi connectivity index (χ4n) is 1.41. The van der Waals surface area contributed by atoms with Crippen molar-refractivity contribution >= 4 is 33.6 Å². The Bertz CT molecular complexity index is 390. The Morgan fingerprint density at radius 1 is 1.33 bits per heavy atom. The average Bonchev–Trinajstić information content (AvgIpc) is 2.26. The SMILES string of the molecule is Clc1cc(C=CCBr)cc2c1OCCO2. The number of hydrogen-bond acceptors (Lipinski definition) is 2. The lowest BCUT2D eigenvalue weighted by Crippen LogP contribution is -2.15. The van der Waals surface area contributed by atoms with Crippen molar-refractivity contribution in [3.63, 3.8) is 0 Å². The van der Waals surface area contributed by atoms with Crippen LogP contribution in [0.4, 0.5) is 0 Å². The quantitative estimate of drug-likeness (QED) is 0.776. The third-order valence-corrected chi connectivity index (χ3v) is 2.67. The van der Waals surface area contributed by atoms with Gasteiger partial charge in [-0.25, -0.2) is 0 Å². The van der Waals surface area contributed by atoms with Gasteiger partial charge >= 0.3 is 0 Å². The molecule has 1 aliphatic heterocycles. The molecule has 2 nitrogen and oxygen atoms in total. The molecule has 0 radical (unpaired) electrons. The van der Waals surface area contributed by atoms with Crippen molar-refractivity contribution in [1.29, 1.82) is 0 Å². The van der Waals surface area contributed by atoms with Gasteiger partial charge in [0.15, 0.2) is 11.5 Å². The summed E-state index contributed by atoms with van der Waals surface area (Å²) < 4.78 is 10.9. The van der Waals surface area contributed by atoms with Crippen LogP contribution >= 0.6 is 27.5 Å². The Morgan fingerprint density at radius 2 is 2.13 bits per heavy atom. The summed E-state index contributed by atoms with van der Waals surface area (Å²) in [5.74, 6) is 1.38. The molecule has 0 saturated carbocycles. The van der Waals surface area contributed by atoms with E-state index in [1.165, 1.54) is 0 Å². The van der Waals surface area contributed by atoms with E-state index in [9.17, 15) is 0 Å². The topological polar surface area (TPSA) is 18.5 Å². The minimum absolute atomic E-state index is 0.559. The first kappa shape index (κ1) is 10.8. The first-order valence-corrected chi connectivity index (χ1v) is 6.13. The van der Waals surface area contributed by atoms with Gasteiger partial charge in [0, 0.05) is 5.33 Å². The summed E-state index contributed by atoms with van der Waals surface area (Å²) in [5.41, 5.74) is 1.02. The zero-order chi connectivity index (χ0) is 10.7. The standard InChI is InChI=1S/C11H10BrClO2/c12-3-1-2-8-6-9(13)11-10(7-8)14-4-5-15-11/h1-2,6-7H,3-5H2. The van der Waals surface area contributed by atoms with Gasteiger partial charge in [0.05, 0.1) is 5.02 Å². The number of hydrogen-bond donors (Lipinski definition) is 0. The lowest BCUT2D eigenvalue weighted by molar-refractivity contribution is 0.171. The lowest BCUT2D eigenvalue weighted by atomic mass is 10.2.